The molecule has 0 fully saturated rings. The van der Waals surface area contributed by atoms with Crippen LogP contribution in [-0.4, -0.2) is 21.5 Å². The Morgan fingerprint density at radius 2 is 2.08 bits per heavy atom. The van der Waals surface area contributed by atoms with E-state index in [1.54, 1.807) is 17.5 Å². The Bertz CT molecular complexity index is 899. The molecule has 1 aromatic carbocycles. The summed E-state index contributed by atoms with van der Waals surface area (Å²) in [6.45, 7) is 8.40. The smallest absolute Gasteiger partial charge is 0.203 e. The molecular weight excluding hydrogens is 330 g/mol. The number of rotatable bonds is 4. The van der Waals surface area contributed by atoms with Crippen molar-refractivity contribution in [3.63, 3.8) is 0 Å². The average Bonchev–Trinajstić information content (AvgIpc) is 3.08. The highest BCUT2D eigenvalue weighted by molar-refractivity contribution is 7.13. The van der Waals surface area contributed by atoms with Crippen LogP contribution in [0.4, 0.5) is 10.8 Å². The summed E-state index contributed by atoms with van der Waals surface area (Å²) < 4.78 is 0. The van der Waals surface area contributed by atoms with Gasteiger partial charge in [-0.25, -0.2) is 9.98 Å². The molecule has 5 nitrogen and oxygen atoms in total. The number of fused-ring (bicyclic) bond motifs is 1. The number of thiazole rings is 1. The Kier molecular flexibility index (Phi) is 4.72. The van der Waals surface area contributed by atoms with E-state index in [-0.39, 0.29) is 5.54 Å². The summed E-state index contributed by atoms with van der Waals surface area (Å²) in [5.74, 6) is 0.442. The highest BCUT2D eigenvalue weighted by Crippen LogP contribution is 2.30. The maximum absolute atomic E-state index is 6.47. The molecule has 0 aliphatic rings. The Hall–Kier alpha value is -2.47. The first-order chi connectivity index (χ1) is 11.9. The lowest BCUT2D eigenvalue weighted by atomic mass is 10.0. The molecule has 0 aliphatic carbocycles. The Morgan fingerprint density at radius 3 is 2.76 bits per heavy atom. The maximum atomic E-state index is 6.47. The average molecular weight is 353 g/mol. The summed E-state index contributed by atoms with van der Waals surface area (Å²) >= 11 is 1.56. The molecule has 0 unspecified atom stereocenters. The number of aryl methyl sites for hydroxylation is 1. The van der Waals surface area contributed by atoms with Crippen LogP contribution in [0.15, 0.2) is 46.9 Å². The zero-order chi connectivity index (χ0) is 18.0. The molecule has 0 amide bonds. The second-order valence-electron chi connectivity index (χ2n) is 6.59. The number of guanidine groups is 1. The van der Waals surface area contributed by atoms with Crippen molar-refractivity contribution in [3.8, 4) is 0 Å². The molecular formula is C19H23N5S. The highest BCUT2D eigenvalue weighted by atomic mass is 32.1. The number of pyridine rings is 1. The summed E-state index contributed by atoms with van der Waals surface area (Å²) in [5, 5.41) is 3.79. The lowest BCUT2D eigenvalue weighted by Crippen LogP contribution is -2.51. The van der Waals surface area contributed by atoms with E-state index in [0.717, 1.165) is 33.8 Å². The number of aliphatic imine (C=N–C) groups is 1. The Balaban J connectivity index is 2.13. The molecule has 6 heteroatoms. The van der Waals surface area contributed by atoms with Gasteiger partial charge in [-0.3, -0.25) is 9.88 Å². The van der Waals surface area contributed by atoms with E-state index in [0.29, 0.717) is 5.96 Å². The van der Waals surface area contributed by atoms with Crippen molar-refractivity contribution in [3.05, 3.63) is 47.6 Å². The number of nitrogens with two attached hydrogens (primary N) is 1. The fraction of sp³-hybridized carbons (Fsp3) is 0.316. The Morgan fingerprint density at radius 1 is 1.32 bits per heavy atom. The van der Waals surface area contributed by atoms with Crippen LogP contribution in [0.2, 0.25) is 0 Å². The van der Waals surface area contributed by atoms with E-state index in [2.05, 4.69) is 30.7 Å². The topological polar surface area (TPSA) is 67.4 Å². The fourth-order valence-electron chi connectivity index (χ4n) is 2.70. The molecule has 2 N–H and O–H groups in total. The van der Waals surface area contributed by atoms with Crippen LogP contribution in [0.25, 0.3) is 10.9 Å². The quantitative estimate of drug-likeness (QED) is 0.548. The summed E-state index contributed by atoms with van der Waals surface area (Å²) in [7, 11) is 0. The van der Waals surface area contributed by atoms with Gasteiger partial charge < -0.3 is 5.73 Å². The van der Waals surface area contributed by atoms with E-state index in [1.807, 2.05) is 47.5 Å². The summed E-state index contributed by atoms with van der Waals surface area (Å²) in [5.41, 5.74) is 8.94. The zero-order valence-corrected chi connectivity index (χ0v) is 15.8. The third-order valence-corrected chi connectivity index (χ3v) is 5.12. The molecule has 130 valence electrons. The molecule has 3 rings (SSSR count). The molecule has 0 saturated heterocycles. The van der Waals surface area contributed by atoms with E-state index >= 15 is 0 Å². The van der Waals surface area contributed by atoms with Crippen molar-refractivity contribution < 1.29 is 0 Å². The maximum Gasteiger partial charge on any atom is 0.203 e. The molecule has 0 bridgehead atoms. The van der Waals surface area contributed by atoms with Gasteiger partial charge in [0.15, 0.2) is 5.13 Å². The summed E-state index contributed by atoms with van der Waals surface area (Å²) in [6, 6.07) is 9.95. The Labute approximate surface area is 152 Å². The SMILES string of the molecule is CCC(C)(C)N(C(N)=Nc1cc(C)nc2ccccc12)c1nccs1. The van der Waals surface area contributed by atoms with E-state index in [9.17, 15) is 0 Å². The monoisotopic (exact) mass is 353 g/mol. The van der Waals surface area contributed by atoms with E-state index in [4.69, 9.17) is 10.7 Å². The van der Waals surface area contributed by atoms with E-state index < -0.39 is 0 Å². The van der Waals surface area contributed by atoms with E-state index in [1.165, 1.54) is 0 Å². The third-order valence-electron chi connectivity index (χ3n) is 4.37. The lowest BCUT2D eigenvalue weighted by molar-refractivity contribution is 0.495. The number of anilines is 1. The minimum Gasteiger partial charge on any atom is -0.369 e. The van der Waals surface area contributed by atoms with Crippen LogP contribution in [0.3, 0.4) is 0 Å². The molecule has 2 aromatic heterocycles. The molecule has 25 heavy (non-hydrogen) atoms. The number of para-hydroxylation sites is 1. The van der Waals surface area contributed by atoms with Gasteiger partial charge in [-0.1, -0.05) is 25.1 Å². The molecule has 0 radical (unpaired) electrons. The summed E-state index contributed by atoms with van der Waals surface area (Å²) in [4.78, 5) is 15.8. The van der Waals surface area contributed by atoms with Gasteiger partial charge in [-0.05, 0) is 39.3 Å². The van der Waals surface area contributed by atoms with Crippen LogP contribution >= 0.6 is 11.3 Å². The molecule has 0 aliphatic heterocycles. The van der Waals surface area contributed by atoms with Crippen molar-refractivity contribution in [2.24, 2.45) is 10.7 Å². The number of hydrogen-bond acceptors (Lipinski definition) is 4. The van der Waals surface area contributed by atoms with Gasteiger partial charge in [0.05, 0.1) is 11.2 Å². The molecule has 2 heterocycles. The fourth-order valence-corrected chi connectivity index (χ4v) is 3.51. The van der Waals surface area contributed by atoms with Crippen LogP contribution in [0.5, 0.6) is 0 Å². The van der Waals surface area contributed by atoms with Gasteiger partial charge in [0.2, 0.25) is 5.96 Å². The van der Waals surface area contributed by atoms with Crippen LogP contribution in [0, 0.1) is 6.92 Å². The van der Waals surface area contributed by atoms with Crippen molar-refractivity contribution >= 4 is 39.0 Å². The standard InChI is InChI=1S/C19H23N5S/c1-5-19(3,4)24(18-21-10-11-25-18)17(20)23-16-12-13(2)22-15-9-7-6-8-14(15)16/h6-12H,5H2,1-4H3,(H2,20,22,23). The molecule has 0 atom stereocenters. The highest BCUT2D eigenvalue weighted by Gasteiger charge is 2.30. The van der Waals surface area contributed by atoms with Crippen molar-refractivity contribution in [1.29, 1.82) is 0 Å². The van der Waals surface area contributed by atoms with Crippen LogP contribution < -0.4 is 10.6 Å². The summed E-state index contributed by atoms with van der Waals surface area (Å²) in [6.07, 6.45) is 2.71. The van der Waals surface area contributed by atoms with Gasteiger partial charge in [-0.2, -0.15) is 0 Å². The first kappa shape index (κ1) is 17.4. The van der Waals surface area contributed by atoms with Crippen molar-refractivity contribution in [1.82, 2.24) is 9.97 Å². The first-order valence-electron chi connectivity index (χ1n) is 8.32. The first-order valence-corrected chi connectivity index (χ1v) is 9.20. The van der Waals surface area contributed by atoms with Crippen molar-refractivity contribution in [2.75, 3.05) is 4.90 Å². The van der Waals surface area contributed by atoms with Gasteiger partial charge in [0, 0.05) is 28.2 Å². The normalized spacial score (nSPS) is 12.6. The van der Waals surface area contributed by atoms with Gasteiger partial charge in [-0.15, -0.1) is 11.3 Å². The van der Waals surface area contributed by atoms with Crippen LogP contribution in [-0.2, 0) is 0 Å². The van der Waals surface area contributed by atoms with Crippen molar-refractivity contribution in [2.45, 2.75) is 39.7 Å². The van der Waals surface area contributed by atoms with Gasteiger partial charge in [0.25, 0.3) is 0 Å². The zero-order valence-electron chi connectivity index (χ0n) is 15.0. The third kappa shape index (κ3) is 3.49. The second kappa shape index (κ2) is 6.80. The predicted molar refractivity (Wildman–Crippen MR) is 107 cm³/mol. The largest absolute Gasteiger partial charge is 0.369 e. The molecule has 0 saturated carbocycles. The second-order valence-corrected chi connectivity index (χ2v) is 7.46. The number of nitrogens with zero attached hydrogens (tertiary/aromatic N) is 4. The molecule has 0 spiro atoms. The number of hydrogen-bond donors (Lipinski definition) is 1. The van der Waals surface area contributed by atoms with Crippen LogP contribution in [0.1, 0.15) is 32.9 Å². The van der Waals surface area contributed by atoms with Gasteiger partial charge >= 0.3 is 0 Å². The number of aromatic nitrogens is 2. The predicted octanol–water partition coefficient (Wildman–Crippen LogP) is 4.64. The minimum atomic E-state index is -0.191. The van der Waals surface area contributed by atoms with Gasteiger partial charge in [0.1, 0.15) is 0 Å². The lowest BCUT2D eigenvalue weighted by Gasteiger charge is -2.36. The number of benzene rings is 1. The minimum absolute atomic E-state index is 0.191. The molecule has 3 aromatic rings.